The van der Waals surface area contributed by atoms with Gasteiger partial charge in [0, 0.05) is 38.3 Å². The molecule has 12 heteroatoms. The molecule has 0 radical (unpaired) electrons. The molecule has 1 N–H and O–H groups in total. The van der Waals surface area contributed by atoms with Crippen LogP contribution in [-0.2, 0) is 19.4 Å². The maximum absolute atomic E-state index is 14.4. The molecule has 0 atom stereocenters. The number of rotatable bonds is 7. The number of carbonyl (C=O) groups excluding carboxylic acids is 1. The van der Waals surface area contributed by atoms with E-state index in [-0.39, 0.29) is 22.8 Å². The number of piperidine rings is 1. The van der Waals surface area contributed by atoms with Crippen molar-refractivity contribution in [3.8, 4) is 5.88 Å². The van der Waals surface area contributed by atoms with E-state index in [1.165, 1.54) is 17.2 Å². The largest absolute Gasteiger partial charge is 0.528 e. The SMILES string of the molecule is Cc1nc(Nc2ccc(S(C)(=O)=O)cc2F)cc(OC2CCN(OC(=O)OC(C)C)CC2)n1. The molecular weight excluding hydrogens is 455 g/mol. The zero-order valence-electron chi connectivity index (χ0n) is 18.9. The van der Waals surface area contributed by atoms with Crippen LogP contribution in [0.1, 0.15) is 32.5 Å². The number of ether oxygens (including phenoxy) is 2. The Kier molecular flexibility index (Phi) is 7.69. The van der Waals surface area contributed by atoms with Gasteiger partial charge in [0.1, 0.15) is 23.6 Å². The van der Waals surface area contributed by atoms with Gasteiger partial charge in [-0.15, -0.1) is 5.06 Å². The molecule has 1 saturated heterocycles. The molecule has 180 valence electrons. The van der Waals surface area contributed by atoms with Gasteiger partial charge >= 0.3 is 6.16 Å². The number of carbonyl (C=O) groups is 1. The number of sulfone groups is 1. The van der Waals surface area contributed by atoms with Crippen LogP contribution in [0.25, 0.3) is 0 Å². The number of hydroxylamine groups is 2. The number of halogens is 1. The standard InChI is InChI=1S/C21H27FN4O6S/c1-13(2)30-21(27)32-26-9-7-15(8-10-26)31-20-12-19(23-14(3)24-20)25-18-6-5-16(11-17(18)22)33(4,28)29/h5-6,11-13,15H,7-10H2,1-4H3,(H,23,24,25). The van der Waals surface area contributed by atoms with Crippen LogP contribution >= 0.6 is 0 Å². The number of anilines is 2. The smallest absolute Gasteiger partial charge is 0.474 e. The minimum atomic E-state index is -3.51. The minimum Gasteiger partial charge on any atom is -0.474 e. The molecule has 0 unspecified atom stereocenters. The molecule has 0 amide bonds. The van der Waals surface area contributed by atoms with Gasteiger partial charge in [0.25, 0.3) is 0 Å². The lowest BCUT2D eigenvalue weighted by atomic mass is 10.1. The van der Waals surface area contributed by atoms with Crippen molar-refractivity contribution in [3.05, 3.63) is 35.9 Å². The van der Waals surface area contributed by atoms with E-state index in [0.717, 1.165) is 12.3 Å². The van der Waals surface area contributed by atoms with Crippen molar-refractivity contribution in [2.75, 3.05) is 24.7 Å². The molecule has 1 aliphatic heterocycles. The Bertz CT molecular complexity index is 1100. The normalized spacial score (nSPS) is 15.3. The summed E-state index contributed by atoms with van der Waals surface area (Å²) in [7, 11) is -3.51. The second-order valence-corrected chi connectivity index (χ2v) is 9.95. The van der Waals surface area contributed by atoms with Gasteiger partial charge in [0.05, 0.1) is 16.7 Å². The number of nitrogens with zero attached hydrogens (tertiary/aromatic N) is 3. The fraction of sp³-hybridized carbons (Fsp3) is 0.476. The molecule has 0 spiro atoms. The van der Waals surface area contributed by atoms with E-state index in [4.69, 9.17) is 14.3 Å². The molecule has 2 heterocycles. The highest BCUT2D eigenvalue weighted by Crippen LogP contribution is 2.25. The molecule has 3 rings (SSSR count). The Hall–Kier alpha value is -2.99. The molecule has 1 aromatic carbocycles. The topological polar surface area (TPSA) is 120 Å². The van der Waals surface area contributed by atoms with Crippen molar-refractivity contribution >= 4 is 27.5 Å². The summed E-state index contributed by atoms with van der Waals surface area (Å²) in [4.78, 5) is 25.2. The lowest BCUT2D eigenvalue weighted by Gasteiger charge is -2.30. The fourth-order valence-electron chi connectivity index (χ4n) is 3.16. The second-order valence-electron chi connectivity index (χ2n) is 7.93. The van der Waals surface area contributed by atoms with Gasteiger partial charge in [-0.05, 0) is 39.0 Å². The lowest BCUT2D eigenvalue weighted by molar-refractivity contribution is -0.151. The van der Waals surface area contributed by atoms with Gasteiger partial charge in [-0.25, -0.2) is 22.6 Å². The van der Waals surface area contributed by atoms with Crippen molar-refractivity contribution in [1.82, 2.24) is 15.0 Å². The highest BCUT2D eigenvalue weighted by molar-refractivity contribution is 7.90. The van der Waals surface area contributed by atoms with E-state index in [1.807, 2.05) is 0 Å². The maximum atomic E-state index is 14.4. The number of benzene rings is 1. The third-order valence-corrected chi connectivity index (χ3v) is 5.78. The van der Waals surface area contributed by atoms with E-state index >= 15 is 0 Å². The van der Waals surface area contributed by atoms with Crippen LogP contribution in [0.5, 0.6) is 5.88 Å². The van der Waals surface area contributed by atoms with Crippen molar-refractivity contribution in [3.63, 3.8) is 0 Å². The van der Waals surface area contributed by atoms with Crippen molar-refractivity contribution in [1.29, 1.82) is 0 Å². The van der Waals surface area contributed by atoms with Crippen LogP contribution in [0.4, 0.5) is 20.7 Å². The Morgan fingerprint density at radius 3 is 2.52 bits per heavy atom. The van der Waals surface area contributed by atoms with E-state index in [2.05, 4.69) is 15.3 Å². The summed E-state index contributed by atoms with van der Waals surface area (Å²) in [5, 5.41) is 4.37. The van der Waals surface area contributed by atoms with Crippen LogP contribution in [0.15, 0.2) is 29.2 Å². The molecule has 2 aromatic rings. The highest BCUT2D eigenvalue weighted by atomic mass is 32.2. The van der Waals surface area contributed by atoms with Gasteiger partial charge in [-0.2, -0.15) is 4.98 Å². The Balaban J connectivity index is 1.61. The number of hydrogen-bond acceptors (Lipinski definition) is 10. The second kappa shape index (κ2) is 10.3. The van der Waals surface area contributed by atoms with E-state index < -0.39 is 21.8 Å². The predicted octanol–water partition coefficient (Wildman–Crippen LogP) is 3.39. The highest BCUT2D eigenvalue weighted by Gasteiger charge is 2.25. The average Bonchev–Trinajstić information content (AvgIpc) is 2.69. The zero-order chi connectivity index (χ0) is 24.2. The summed E-state index contributed by atoms with van der Waals surface area (Å²) in [5.41, 5.74) is 0.0743. The summed E-state index contributed by atoms with van der Waals surface area (Å²) in [5.74, 6) is 0.317. The van der Waals surface area contributed by atoms with Gasteiger partial charge in [-0.1, -0.05) is 0 Å². The molecule has 0 bridgehead atoms. The van der Waals surface area contributed by atoms with Gasteiger partial charge < -0.3 is 19.6 Å². The number of aromatic nitrogens is 2. The van der Waals surface area contributed by atoms with Crippen LogP contribution < -0.4 is 10.1 Å². The molecule has 33 heavy (non-hydrogen) atoms. The fourth-order valence-corrected chi connectivity index (χ4v) is 3.79. The molecule has 1 aromatic heterocycles. The monoisotopic (exact) mass is 482 g/mol. The van der Waals surface area contributed by atoms with Crippen LogP contribution in [-0.4, -0.2) is 61.2 Å². The van der Waals surface area contributed by atoms with Crippen LogP contribution in [0.2, 0.25) is 0 Å². The first-order valence-corrected chi connectivity index (χ1v) is 12.3. The maximum Gasteiger partial charge on any atom is 0.528 e. The van der Waals surface area contributed by atoms with Gasteiger partial charge in [-0.3, -0.25) is 0 Å². The first-order valence-electron chi connectivity index (χ1n) is 10.4. The predicted molar refractivity (Wildman–Crippen MR) is 117 cm³/mol. The van der Waals surface area contributed by atoms with Crippen LogP contribution in [0, 0.1) is 12.7 Å². The van der Waals surface area contributed by atoms with Crippen molar-refractivity contribution < 1.29 is 31.9 Å². The molecule has 0 saturated carbocycles. The molecule has 1 aliphatic rings. The average molecular weight is 483 g/mol. The minimum absolute atomic E-state index is 0.0743. The summed E-state index contributed by atoms with van der Waals surface area (Å²) in [6, 6.07) is 5.15. The zero-order valence-corrected chi connectivity index (χ0v) is 19.7. The number of aryl methyl sites for hydroxylation is 1. The molecule has 0 aliphatic carbocycles. The summed E-state index contributed by atoms with van der Waals surface area (Å²) in [6.07, 6.45) is 1.07. The summed E-state index contributed by atoms with van der Waals surface area (Å²) >= 11 is 0. The Labute approximate surface area is 191 Å². The van der Waals surface area contributed by atoms with Gasteiger partial charge in [0.2, 0.25) is 5.88 Å². The molecular formula is C21H27FN4O6S. The summed E-state index contributed by atoms with van der Waals surface area (Å²) < 4.78 is 48.5. The van der Waals surface area contributed by atoms with Crippen molar-refractivity contribution in [2.45, 2.75) is 50.7 Å². The van der Waals surface area contributed by atoms with E-state index in [9.17, 15) is 17.6 Å². The third kappa shape index (κ3) is 7.26. The number of nitrogens with one attached hydrogen (secondary N) is 1. The number of hydrogen-bond donors (Lipinski definition) is 1. The lowest BCUT2D eigenvalue weighted by Crippen LogP contribution is -2.40. The quantitative estimate of drug-likeness (QED) is 0.588. The summed E-state index contributed by atoms with van der Waals surface area (Å²) in [6.45, 7) is 6.12. The van der Waals surface area contributed by atoms with Crippen molar-refractivity contribution in [2.24, 2.45) is 0 Å². The molecule has 1 fully saturated rings. The van der Waals surface area contributed by atoms with Crippen LogP contribution in [0.3, 0.4) is 0 Å². The third-order valence-electron chi connectivity index (χ3n) is 4.67. The first-order chi connectivity index (χ1) is 15.5. The molecule has 10 nitrogen and oxygen atoms in total. The Morgan fingerprint density at radius 2 is 1.91 bits per heavy atom. The van der Waals surface area contributed by atoms with E-state index in [0.29, 0.717) is 43.5 Å². The first kappa shape index (κ1) is 24.6. The Morgan fingerprint density at radius 1 is 1.21 bits per heavy atom. The van der Waals surface area contributed by atoms with Gasteiger partial charge in [0.15, 0.2) is 9.84 Å². The van der Waals surface area contributed by atoms with E-state index in [1.54, 1.807) is 26.8 Å².